The average Bonchev–Trinajstić information content (AvgIpc) is 3.27. The van der Waals surface area contributed by atoms with E-state index in [1.807, 2.05) is 59.5 Å². The van der Waals surface area contributed by atoms with E-state index in [0.29, 0.717) is 15.9 Å². The Balaban J connectivity index is 1.40. The summed E-state index contributed by atoms with van der Waals surface area (Å²) >= 11 is 7.28. The Bertz CT molecular complexity index is 1330. The molecule has 2 atom stereocenters. The minimum Gasteiger partial charge on any atom is -0.457 e. The summed E-state index contributed by atoms with van der Waals surface area (Å²) in [6.07, 6.45) is 0.145. The van der Waals surface area contributed by atoms with E-state index in [4.69, 9.17) is 16.3 Å². The van der Waals surface area contributed by atoms with Gasteiger partial charge >= 0.3 is 0 Å². The molecule has 2 aliphatic heterocycles. The lowest BCUT2D eigenvalue weighted by molar-refractivity contribution is -0.117. The van der Waals surface area contributed by atoms with Crippen molar-refractivity contribution in [1.82, 2.24) is 0 Å². The normalized spacial score (nSPS) is 22.0. The van der Waals surface area contributed by atoms with Crippen molar-refractivity contribution in [3.05, 3.63) is 89.4 Å². The number of hydrogen-bond acceptors (Lipinski definition) is 5. The number of anilines is 1. The maximum absolute atomic E-state index is 12.7. The van der Waals surface area contributed by atoms with Gasteiger partial charge in [0, 0.05) is 16.0 Å². The highest BCUT2D eigenvalue weighted by Crippen LogP contribution is 2.41. The first-order valence-electron chi connectivity index (χ1n) is 10.7. The number of carbonyl (C=O) groups is 1. The Morgan fingerprint density at radius 3 is 2.35 bits per heavy atom. The fourth-order valence-electron chi connectivity index (χ4n) is 4.09. The summed E-state index contributed by atoms with van der Waals surface area (Å²) < 4.78 is 30.5. The summed E-state index contributed by atoms with van der Waals surface area (Å²) in [5.41, 5.74) is 1.59. The van der Waals surface area contributed by atoms with E-state index in [-0.39, 0.29) is 35.1 Å². The Morgan fingerprint density at radius 2 is 1.65 bits per heavy atom. The molecule has 5 rings (SSSR count). The predicted octanol–water partition coefficient (Wildman–Crippen LogP) is 4.98. The number of amides is 1. The summed E-state index contributed by atoms with van der Waals surface area (Å²) in [7, 11) is -3.14. The van der Waals surface area contributed by atoms with Crippen LogP contribution in [-0.2, 0) is 21.1 Å². The van der Waals surface area contributed by atoms with Crippen LogP contribution in [0.25, 0.3) is 0 Å². The van der Waals surface area contributed by atoms with Gasteiger partial charge in [0.15, 0.2) is 15.0 Å². The molecule has 0 aromatic heterocycles. The Hall–Kier alpha value is -2.81. The van der Waals surface area contributed by atoms with Crippen LogP contribution in [-0.4, -0.2) is 42.3 Å². The van der Waals surface area contributed by atoms with Gasteiger partial charge in [0.2, 0.25) is 0 Å². The van der Waals surface area contributed by atoms with Crippen molar-refractivity contribution in [3.63, 3.8) is 0 Å². The van der Waals surface area contributed by atoms with E-state index in [0.717, 1.165) is 17.0 Å². The molecule has 0 N–H and O–H groups in total. The van der Waals surface area contributed by atoms with E-state index >= 15 is 0 Å². The smallest absolute Gasteiger partial charge is 0.252 e. The average molecular weight is 513 g/mol. The van der Waals surface area contributed by atoms with Gasteiger partial charge in [0.05, 0.1) is 24.0 Å². The van der Waals surface area contributed by atoms with E-state index in [9.17, 15) is 13.2 Å². The zero-order valence-corrected chi connectivity index (χ0v) is 20.4. The van der Waals surface area contributed by atoms with Crippen LogP contribution < -0.4 is 9.64 Å². The largest absolute Gasteiger partial charge is 0.457 e. The molecule has 0 saturated carbocycles. The number of fused-ring (bicyclic) bond motifs is 1. The van der Waals surface area contributed by atoms with Crippen LogP contribution in [0.3, 0.4) is 0 Å². The molecule has 0 bridgehead atoms. The number of thioether (sulfide) groups is 1. The van der Waals surface area contributed by atoms with Crippen molar-refractivity contribution in [1.29, 1.82) is 0 Å². The van der Waals surface area contributed by atoms with Gasteiger partial charge in [-0.2, -0.15) is 4.99 Å². The number of benzene rings is 3. The Morgan fingerprint density at radius 1 is 0.971 bits per heavy atom. The molecule has 0 radical (unpaired) electrons. The van der Waals surface area contributed by atoms with Gasteiger partial charge in [-0.1, -0.05) is 53.7 Å². The molecule has 9 heteroatoms. The molecule has 2 heterocycles. The molecule has 0 unspecified atom stereocenters. The Labute approximate surface area is 207 Å². The number of ether oxygens (including phenoxy) is 1. The number of aliphatic imine (C=N–C) groups is 1. The third kappa shape index (κ3) is 5.14. The van der Waals surface area contributed by atoms with E-state index in [2.05, 4.69) is 4.99 Å². The number of sulfone groups is 1. The lowest BCUT2D eigenvalue weighted by Crippen LogP contribution is -2.37. The van der Waals surface area contributed by atoms with Crippen LogP contribution in [0.15, 0.2) is 83.9 Å². The molecular formula is C25H21ClN2O4S2. The number of carbonyl (C=O) groups excluding carboxylic acids is 1. The topological polar surface area (TPSA) is 76.0 Å². The first-order valence-corrected chi connectivity index (χ1v) is 13.8. The minimum absolute atomic E-state index is 0.0390. The van der Waals surface area contributed by atoms with Crippen molar-refractivity contribution >= 4 is 50.0 Å². The van der Waals surface area contributed by atoms with Crippen molar-refractivity contribution in [2.24, 2.45) is 4.99 Å². The zero-order valence-electron chi connectivity index (χ0n) is 18.0. The third-order valence-corrected chi connectivity index (χ3v) is 9.11. The monoisotopic (exact) mass is 512 g/mol. The van der Waals surface area contributed by atoms with Crippen molar-refractivity contribution < 1.29 is 17.9 Å². The molecule has 1 amide bonds. The zero-order chi connectivity index (χ0) is 23.7. The van der Waals surface area contributed by atoms with Crippen LogP contribution in [0.5, 0.6) is 11.5 Å². The third-order valence-electron chi connectivity index (χ3n) is 5.65. The van der Waals surface area contributed by atoms with Gasteiger partial charge < -0.3 is 9.64 Å². The highest BCUT2D eigenvalue weighted by Gasteiger charge is 2.49. The van der Waals surface area contributed by atoms with Gasteiger partial charge in [0.1, 0.15) is 11.5 Å². The molecule has 6 nitrogen and oxygen atoms in total. The second-order valence-corrected chi connectivity index (χ2v) is 12.0. The standard InChI is InChI=1S/C25H21ClN2O4S2/c26-18-8-6-17(7-9-18)14-24(29)27-25-28(22-15-34(30,31)16-23(22)33-25)19-10-12-21(13-11-19)32-20-4-2-1-3-5-20/h1-13,22-23H,14-16H2/t22-,23+/m1/s1. The van der Waals surface area contributed by atoms with Crippen molar-refractivity contribution in [2.45, 2.75) is 17.7 Å². The molecule has 3 aromatic rings. The predicted molar refractivity (Wildman–Crippen MR) is 137 cm³/mol. The van der Waals surface area contributed by atoms with E-state index in [1.54, 1.807) is 24.3 Å². The minimum atomic E-state index is -3.14. The number of amidine groups is 1. The maximum atomic E-state index is 12.7. The SMILES string of the molecule is O=C(Cc1ccc(Cl)cc1)N=C1S[C@H]2CS(=O)(=O)C[C@H]2N1c1ccc(Oc2ccccc2)cc1. The van der Waals surface area contributed by atoms with Gasteiger partial charge in [-0.05, 0) is 54.1 Å². The molecule has 0 aliphatic carbocycles. The number of para-hydroxylation sites is 1. The van der Waals surface area contributed by atoms with Crippen LogP contribution in [0.2, 0.25) is 5.02 Å². The maximum Gasteiger partial charge on any atom is 0.252 e. The lowest BCUT2D eigenvalue weighted by Gasteiger charge is -2.24. The van der Waals surface area contributed by atoms with Crippen LogP contribution in [0.1, 0.15) is 5.56 Å². The first kappa shape index (κ1) is 23.0. The second kappa shape index (κ2) is 9.44. The fraction of sp³-hybridized carbons (Fsp3) is 0.200. The number of nitrogens with zero attached hydrogens (tertiary/aromatic N) is 2. The Kier molecular flexibility index (Phi) is 6.38. The number of halogens is 1. The summed E-state index contributed by atoms with van der Waals surface area (Å²) in [5, 5.41) is 0.974. The summed E-state index contributed by atoms with van der Waals surface area (Å²) in [5.74, 6) is 1.22. The molecule has 2 aliphatic rings. The summed E-state index contributed by atoms with van der Waals surface area (Å²) in [6, 6.07) is 23.7. The molecule has 0 spiro atoms. The highest BCUT2D eigenvalue weighted by atomic mass is 35.5. The molecule has 3 aromatic carbocycles. The first-order chi connectivity index (χ1) is 16.4. The summed E-state index contributed by atoms with van der Waals surface area (Å²) in [6.45, 7) is 0. The number of rotatable bonds is 5. The van der Waals surface area contributed by atoms with Crippen molar-refractivity contribution in [2.75, 3.05) is 16.4 Å². The molecule has 174 valence electrons. The second-order valence-electron chi connectivity index (χ2n) is 8.17. The van der Waals surface area contributed by atoms with Gasteiger partial charge in [-0.3, -0.25) is 4.79 Å². The van der Waals surface area contributed by atoms with E-state index in [1.165, 1.54) is 11.8 Å². The van der Waals surface area contributed by atoms with Crippen LogP contribution in [0.4, 0.5) is 5.69 Å². The molecule has 2 saturated heterocycles. The van der Waals surface area contributed by atoms with Crippen LogP contribution >= 0.6 is 23.4 Å². The lowest BCUT2D eigenvalue weighted by atomic mass is 10.1. The molecular weight excluding hydrogens is 492 g/mol. The summed E-state index contributed by atoms with van der Waals surface area (Å²) in [4.78, 5) is 19.0. The van der Waals surface area contributed by atoms with Gasteiger partial charge in [0.25, 0.3) is 5.91 Å². The molecule has 2 fully saturated rings. The highest BCUT2D eigenvalue weighted by molar-refractivity contribution is 8.16. The van der Waals surface area contributed by atoms with Crippen LogP contribution in [0, 0.1) is 0 Å². The van der Waals surface area contributed by atoms with Gasteiger partial charge in [-0.15, -0.1) is 0 Å². The van der Waals surface area contributed by atoms with Gasteiger partial charge in [-0.25, -0.2) is 8.42 Å². The number of hydrogen-bond donors (Lipinski definition) is 0. The van der Waals surface area contributed by atoms with Crippen molar-refractivity contribution in [3.8, 4) is 11.5 Å². The molecule has 34 heavy (non-hydrogen) atoms. The quantitative estimate of drug-likeness (QED) is 0.480. The van der Waals surface area contributed by atoms with E-state index < -0.39 is 9.84 Å². The fourth-order valence-corrected chi connectivity index (χ4v) is 8.15.